The van der Waals surface area contributed by atoms with E-state index in [0.29, 0.717) is 17.0 Å². The summed E-state index contributed by atoms with van der Waals surface area (Å²) in [4.78, 5) is 16.7. The molecule has 6 nitrogen and oxygen atoms in total. The third kappa shape index (κ3) is 3.65. The van der Waals surface area contributed by atoms with Gasteiger partial charge >= 0.3 is 5.97 Å². The number of methoxy groups -OCH3 is 3. The molecule has 6 heteroatoms. The molecule has 0 bridgehead atoms. The first kappa shape index (κ1) is 19.7. The first-order chi connectivity index (χ1) is 14.6. The maximum Gasteiger partial charge on any atom is 0.330 e. The standard InChI is InChI=1S/C24H21NO5/c1-27-17-9-11-20-16(13-17)14-19-22(25-20)18(10-12-21(26)28-2)23(30-24(19)29-3)15-7-5-4-6-8-15/h4-14,24H,1-3H3/b12-10+. The monoisotopic (exact) mass is 403 g/mol. The number of benzene rings is 2. The SMILES string of the molecule is COC(=O)/C=C/C1=C(c2ccccc2)OC(OC)c2cc3cc(OC)ccc3nc21. The second-order valence-corrected chi connectivity index (χ2v) is 6.64. The number of fused-ring (bicyclic) bond motifs is 2. The van der Waals surface area contributed by atoms with Crippen LogP contribution in [0.15, 0.2) is 66.7 Å². The van der Waals surface area contributed by atoms with E-state index in [2.05, 4.69) is 0 Å². The summed E-state index contributed by atoms with van der Waals surface area (Å²) in [5.74, 6) is 0.854. The Balaban J connectivity index is 1.98. The Bertz CT molecular complexity index is 1150. The fourth-order valence-corrected chi connectivity index (χ4v) is 3.40. The van der Waals surface area contributed by atoms with Crippen LogP contribution < -0.4 is 4.74 Å². The minimum absolute atomic E-state index is 0.462. The highest BCUT2D eigenvalue weighted by Gasteiger charge is 2.30. The van der Waals surface area contributed by atoms with E-state index in [1.54, 1.807) is 20.3 Å². The molecule has 30 heavy (non-hydrogen) atoms. The lowest BCUT2D eigenvalue weighted by Gasteiger charge is -2.29. The number of pyridine rings is 1. The van der Waals surface area contributed by atoms with Crippen LogP contribution in [0, 0.1) is 0 Å². The number of aromatic nitrogens is 1. The van der Waals surface area contributed by atoms with Crippen molar-refractivity contribution < 1.29 is 23.7 Å². The maximum absolute atomic E-state index is 11.8. The van der Waals surface area contributed by atoms with Crippen molar-refractivity contribution >= 4 is 28.2 Å². The number of rotatable bonds is 5. The van der Waals surface area contributed by atoms with Crippen LogP contribution in [-0.2, 0) is 19.0 Å². The van der Waals surface area contributed by atoms with E-state index in [-0.39, 0.29) is 0 Å². The number of carbonyl (C=O) groups excluding carboxylic acids is 1. The lowest BCUT2D eigenvalue weighted by atomic mass is 9.96. The van der Waals surface area contributed by atoms with Crippen LogP contribution in [-0.4, -0.2) is 32.3 Å². The van der Waals surface area contributed by atoms with Crippen molar-refractivity contribution in [3.05, 3.63) is 83.6 Å². The van der Waals surface area contributed by atoms with Gasteiger partial charge in [0.05, 0.1) is 25.4 Å². The van der Waals surface area contributed by atoms with Gasteiger partial charge in [-0.05, 0) is 30.3 Å². The summed E-state index contributed by atoms with van der Waals surface area (Å²) in [6.07, 6.45) is 2.38. The van der Waals surface area contributed by atoms with Gasteiger partial charge in [-0.25, -0.2) is 9.78 Å². The fourth-order valence-electron chi connectivity index (χ4n) is 3.40. The molecule has 3 aromatic rings. The Kier molecular flexibility index (Phi) is 5.50. The van der Waals surface area contributed by atoms with Crippen LogP contribution in [0.1, 0.15) is 23.1 Å². The number of ether oxygens (including phenoxy) is 4. The van der Waals surface area contributed by atoms with Gasteiger partial charge in [-0.15, -0.1) is 0 Å². The molecule has 1 aliphatic heterocycles. The highest BCUT2D eigenvalue weighted by Crippen LogP contribution is 2.42. The van der Waals surface area contributed by atoms with Gasteiger partial charge in [0.2, 0.25) is 6.29 Å². The molecule has 0 amide bonds. The second kappa shape index (κ2) is 8.39. The molecule has 0 spiro atoms. The van der Waals surface area contributed by atoms with Crippen molar-refractivity contribution in [1.29, 1.82) is 0 Å². The molecule has 0 N–H and O–H groups in total. The first-order valence-electron chi connectivity index (χ1n) is 9.39. The van der Waals surface area contributed by atoms with Crippen molar-refractivity contribution in [3.8, 4) is 5.75 Å². The summed E-state index contributed by atoms with van der Waals surface area (Å²) < 4.78 is 21.9. The first-order valence-corrected chi connectivity index (χ1v) is 9.39. The van der Waals surface area contributed by atoms with E-state index in [9.17, 15) is 4.79 Å². The van der Waals surface area contributed by atoms with Crippen LogP contribution >= 0.6 is 0 Å². The second-order valence-electron chi connectivity index (χ2n) is 6.64. The molecule has 4 rings (SSSR count). The molecule has 0 saturated carbocycles. The van der Waals surface area contributed by atoms with E-state index in [1.807, 2.05) is 54.6 Å². The Morgan fingerprint density at radius 1 is 1.07 bits per heavy atom. The van der Waals surface area contributed by atoms with Gasteiger partial charge in [-0.3, -0.25) is 0 Å². The third-order valence-electron chi connectivity index (χ3n) is 4.87. The maximum atomic E-state index is 11.8. The number of esters is 1. The van der Waals surface area contributed by atoms with Crippen LogP contribution in [0.2, 0.25) is 0 Å². The predicted molar refractivity (Wildman–Crippen MR) is 114 cm³/mol. The summed E-state index contributed by atoms with van der Waals surface area (Å²) in [6, 6.07) is 17.3. The smallest absolute Gasteiger partial charge is 0.330 e. The van der Waals surface area contributed by atoms with Crippen LogP contribution in [0.3, 0.4) is 0 Å². The largest absolute Gasteiger partial charge is 0.497 e. The summed E-state index contributed by atoms with van der Waals surface area (Å²) in [7, 11) is 4.55. The minimum Gasteiger partial charge on any atom is -0.497 e. The van der Waals surface area contributed by atoms with Gasteiger partial charge in [0.1, 0.15) is 11.5 Å². The zero-order valence-corrected chi connectivity index (χ0v) is 16.9. The van der Waals surface area contributed by atoms with Crippen molar-refractivity contribution in [2.75, 3.05) is 21.3 Å². The predicted octanol–water partition coefficient (Wildman–Crippen LogP) is 4.52. The van der Waals surface area contributed by atoms with Crippen LogP contribution in [0.4, 0.5) is 0 Å². The van der Waals surface area contributed by atoms with Crippen molar-refractivity contribution in [2.45, 2.75) is 6.29 Å². The molecule has 0 saturated heterocycles. The van der Waals surface area contributed by atoms with E-state index in [1.165, 1.54) is 13.2 Å². The van der Waals surface area contributed by atoms with Crippen LogP contribution in [0.5, 0.6) is 5.75 Å². The Morgan fingerprint density at radius 3 is 2.57 bits per heavy atom. The summed E-state index contributed by atoms with van der Waals surface area (Å²) in [5.41, 5.74) is 3.77. The lowest BCUT2D eigenvalue weighted by molar-refractivity contribution is -0.134. The Hall–Kier alpha value is -3.64. The zero-order chi connectivity index (χ0) is 21.1. The molecule has 0 fully saturated rings. The van der Waals surface area contributed by atoms with Crippen molar-refractivity contribution in [3.63, 3.8) is 0 Å². The molecule has 2 heterocycles. The van der Waals surface area contributed by atoms with Gasteiger partial charge < -0.3 is 18.9 Å². The number of nitrogens with zero attached hydrogens (tertiary/aromatic N) is 1. The third-order valence-corrected chi connectivity index (χ3v) is 4.87. The Morgan fingerprint density at radius 2 is 1.87 bits per heavy atom. The van der Waals surface area contributed by atoms with E-state index in [4.69, 9.17) is 23.9 Å². The zero-order valence-electron chi connectivity index (χ0n) is 16.9. The Labute approximate surface area is 174 Å². The molecule has 1 unspecified atom stereocenters. The van der Waals surface area contributed by atoms with Gasteiger partial charge in [0.25, 0.3) is 0 Å². The van der Waals surface area contributed by atoms with E-state index < -0.39 is 12.3 Å². The normalized spacial score (nSPS) is 15.8. The number of hydrogen-bond acceptors (Lipinski definition) is 6. The molecule has 0 radical (unpaired) electrons. The average Bonchev–Trinajstić information content (AvgIpc) is 2.80. The quantitative estimate of drug-likeness (QED) is 0.461. The van der Waals surface area contributed by atoms with Crippen molar-refractivity contribution in [1.82, 2.24) is 4.98 Å². The summed E-state index contributed by atoms with van der Waals surface area (Å²) >= 11 is 0. The van der Waals surface area contributed by atoms with E-state index >= 15 is 0 Å². The van der Waals surface area contributed by atoms with Crippen LogP contribution in [0.25, 0.3) is 22.2 Å². The summed E-state index contributed by atoms with van der Waals surface area (Å²) in [6.45, 7) is 0. The average molecular weight is 403 g/mol. The van der Waals surface area contributed by atoms with Gasteiger partial charge in [0.15, 0.2) is 0 Å². The molecule has 1 atom stereocenters. The molecular weight excluding hydrogens is 382 g/mol. The number of allylic oxidation sites excluding steroid dienone is 2. The van der Waals surface area contributed by atoms with Gasteiger partial charge in [-0.2, -0.15) is 0 Å². The number of hydrogen-bond donors (Lipinski definition) is 0. The fraction of sp³-hybridized carbons (Fsp3) is 0.167. The highest BCUT2D eigenvalue weighted by molar-refractivity contribution is 5.98. The minimum atomic E-state index is -0.645. The van der Waals surface area contributed by atoms with Gasteiger partial charge in [-0.1, -0.05) is 30.3 Å². The topological polar surface area (TPSA) is 66.9 Å². The number of carbonyl (C=O) groups is 1. The molecule has 1 aliphatic rings. The molecular formula is C24H21NO5. The molecule has 2 aromatic carbocycles. The van der Waals surface area contributed by atoms with Crippen molar-refractivity contribution in [2.24, 2.45) is 0 Å². The molecule has 152 valence electrons. The highest BCUT2D eigenvalue weighted by atomic mass is 16.7. The summed E-state index contributed by atoms with van der Waals surface area (Å²) in [5, 5.41) is 0.901. The van der Waals surface area contributed by atoms with Gasteiger partial charge in [0, 0.05) is 35.3 Å². The molecule has 1 aromatic heterocycles. The van der Waals surface area contributed by atoms with E-state index in [0.717, 1.165) is 27.8 Å². The molecule has 0 aliphatic carbocycles. The lowest BCUT2D eigenvalue weighted by Crippen LogP contribution is -2.16.